The number of anilines is 2. The lowest BCUT2D eigenvalue weighted by atomic mass is 9.90. The van der Waals surface area contributed by atoms with Gasteiger partial charge in [-0.2, -0.15) is 0 Å². The quantitative estimate of drug-likeness (QED) is 0.727. The average Bonchev–Trinajstić information content (AvgIpc) is 3.13. The lowest BCUT2D eigenvalue weighted by molar-refractivity contribution is -0.140. The van der Waals surface area contributed by atoms with Gasteiger partial charge in [0.15, 0.2) is 5.78 Å². The van der Waals surface area contributed by atoms with Gasteiger partial charge >= 0.3 is 12.0 Å². The molecule has 29 heavy (non-hydrogen) atoms. The maximum absolute atomic E-state index is 13.0. The van der Waals surface area contributed by atoms with E-state index in [2.05, 4.69) is 4.74 Å². The molecule has 1 aliphatic carbocycles. The van der Waals surface area contributed by atoms with Crippen molar-refractivity contribution in [3.05, 3.63) is 59.2 Å². The molecule has 0 radical (unpaired) electrons. The highest BCUT2D eigenvalue weighted by molar-refractivity contribution is 6.06. The number of amides is 2. The molecule has 0 N–H and O–H groups in total. The van der Waals surface area contributed by atoms with Crippen LogP contribution < -0.4 is 9.80 Å². The van der Waals surface area contributed by atoms with Crippen molar-refractivity contribution in [2.45, 2.75) is 32.1 Å². The van der Waals surface area contributed by atoms with Crippen LogP contribution >= 0.6 is 0 Å². The number of methoxy groups -OCH3 is 1. The molecule has 1 fully saturated rings. The van der Waals surface area contributed by atoms with Crippen LogP contribution in [0.3, 0.4) is 0 Å². The second kappa shape index (κ2) is 8.07. The molecule has 2 amide bonds. The highest BCUT2D eigenvalue weighted by Gasteiger charge is 2.31. The van der Waals surface area contributed by atoms with Crippen molar-refractivity contribution < 1.29 is 19.1 Å². The smallest absolute Gasteiger partial charge is 0.329 e. The van der Waals surface area contributed by atoms with Crippen LogP contribution in [0.5, 0.6) is 0 Å². The summed E-state index contributed by atoms with van der Waals surface area (Å²) in [5.41, 5.74) is 4.56. The molecule has 2 aromatic carbocycles. The first-order valence-electron chi connectivity index (χ1n) is 9.98. The lowest BCUT2D eigenvalue weighted by Gasteiger charge is -2.21. The molecule has 2 aliphatic rings. The first-order valence-corrected chi connectivity index (χ1v) is 9.98. The minimum Gasteiger partial charge on any atom is -0.469 e. The third kappa shape index (κ3) is 3.88. The summed E-state index contributed by atoms with van der Waals surface area (Å²) in [7, 11) is 1.39. The predicted molar refractivity (Wildman–Crippen MR) is 111 cm³/mol. The Kier molecular flexibility index (Phi) is 5.34. The Morgan fingerprint density at radius 1 is 0.966 bits per heavy atom. The van der Waals surface area contributed by atoms with Gasteiger partial charge in [-0.1, -0.05) is 12.1 Å². The van der Waals surface area contributed by atoms with Crippen LogP contribution in [0.25, 0.3) is 0 Å². The molecular weight excluding hydrogens is 368 g/mol. The van der Waals surface area contributed by atoms with E-state index in [4.69, 9.17) is 0 Å². The molecule has 0 unspecified atom stereocenters. The first kappa shape index (κ1) is 19.2. The number of esters is 1. The van der Waals surface area contributed by atoms with Crippen LogP contribution in [0, 0.1) is 0 Å². The van der Waals surface area contributed by atoms with Crippen molar-refractivity contribution in [1.29, 1.82) is 0 Å². The molecule has 1 heterocycles. The number of hydrogen-bond donors (Lipinski definition) is 0. The number of Topliss-reactive ketones (excluding diaryl/α,β-unsaturated/α-hetero) is 1. The van der Waals surface area contributed by atoms with Crippen LogP contribution in [0.4, 0.5) is 16.2 Å². The fourth-order valence-corrected chi connectivity index (χ4v) is 4.01. The summed E-state index contributed by atoms with van der Waals surface area (Å²) in [6.07, 6.45) is 3.32. The van der Waals surface area contributed by atoms with Gasteiger partial charge in [0.05, 0.1) is 7.11 Å². The Bertz CT molecular complexity index is 952. The van der Waals surface area contributed by atoms with Gasteiger partial charge in [-0.15, -0.1) is 0 Å². The van der Waals surface area contributed by atoms with Crippen molar-refractivity contribution in [2.24, 2.45) is 0 Å². The molecule has 4 rings (SSSR count). The van der Waals surface area contributed by atoms with Gasteiger partial charge in [0, 0.05) is 42.9 Å². The number of nitrogens with zero attached hydrogens (tertiary/aromatic N) is 2. The van der Waals surface area contributed by atoms with Crippen molar-refractivity contribution >= 4 is 29.2 Å². The summed E-state index contributed by atoms with van der Waals surface area (Å²) in [4.78, 5) is 39.8. The molecule has 6 nitrogen and oxygen atoms in total. The molecule has 1 aliphatic heterocycles. The zero-order chi connectivity index (χ0) is 20.4. The number of aryl methyl sites for hydroxylation is 2. The molecule has 150 valence electrons. The summed E-state index contributed by atoms with van der Waals surface area (Å²) in [6.45, 7) is 1.21. The number of fused-ring (bicyclic) bond motifs is 1. The Morgan fingerprint density at radius 3 is 2.38 bits per heavy atom. The largest absolute Gasteiger partial charge is 0.469 e. The summed E-state index contributed by atoms with van der Waals surface area (Å²) in [5, 5.41) is 0. The van der Waals surface area contributed by atoms with Crippen LogP contribution in [-0.4, -0.2) is 38.0 Å². The van der Waals surface area contributed by atoms with Gasteiger partial charge in [0.25, 0.3) is 0 Å². The van der Waals surface area contributed by atoms with Gasteiger partial charge in [-0.25, -0.2) is 4.79 Å². The van der Waals surface area contributed by atoms with E-state index in [-0.39, 0.29) is 17.8 Å². The normalized spacial score (nSPS) is 16.2. The molecule has 1 saturated heterocycles. The van der Waals surface area contributed by atoms with Crippen molar-refractivity contribution in [3.8, 4) is 0 Å². The highest BCUT2D eigenvalue weighted by Crippen LogP contribution is 2.30. The minimum absolute atomic E-state index is 0.0607. The van der Waals surface area contributed by atoms with Crippen molar-refractivity contribution in [3.63, 3.8) is 0 Å². The van der Waals surface area contributed by atoms with Crippen LogP contribution in [0.1, 0.15) is 40.7 Å². The van der Waals surface area contributed by atoms with E-state index in [1.54, 1.807) is 9.80 Å². The zero-order valence-corrected chi connectivity index (χ0v) is 16.5. The van der Waals surface area contributed by atoms with E-state index in [0.717, 1.165) is 40.9 Å². The van der Waals surface area contributed by atoms with E-state index >= 15 is 0 Å². The number of hydrogen-bond acceptors (Lipinski definition) is 4. The number of ketones is 1. The maximum atomic E-state index is 13.0. The Labute approximate surface area is 170 Å². The van der Waals surface area contributed by atoms with E-state index in [1.807, 2.05) is 42.5 Å². The molecule has 6 heteroatoms. The van der Waals surface area contributed by atoms with Gasteiger partial charge < -0.3 is 4.74 Å². The molecule has 0 bridgehead atoms. The Hall–Kier alpha value is -3.15. The monoisotopic (exact) mass is 392 g/mol. The molecule has 2 aromatic rings. The average molecular weight is 392 g/mol. The fourth-order valence-electron chi connectivity index (χ4n) is 4.01. The zero-order valence-electron chi connectivity index (χ0n) is 16.5. The SMILES string of the molecule is COC(=O)CCc1ccc(N2CCN(c3ccc4c(c3)CCCC4=O)C2=O)cc1. The summed E-state index contributed by atoms with van der Waals surface area (Å²) < 4.78 is 4.67. The number of ether oxygens (including phenoxy) is 1. The van der Waals surface area contributed by atoms with Gasteiger partial charge in [0.2, 0.25) is 0 Å². The fraction of sp³-hybridized carbons (Fsp3) is 0.348. The summed E-state index contributed by atoms with van der Waals surface area (Å²) >= 11 is 0. The third-order valence-corrected chi connectivity index (χ3v) is 5.65. The molecule has 0 spiro atoms. The summed E-state index contributed by atoms with van der Waals surface area (Å²) in [5.74, 6) is -0.0364. The molecule has 0 aromatic heterocycles. The highest BCUT2D eigenvalue weighted by atomic mass is 16.5. The second-order valence-electron chi connectivity index (χ2n) is 7.45. The van der Waals surface area contributed by atoms with E-state index in [9.17, 15) is 14.4 Å². The van der Waals surface area contributed by atoms with Crippen molar-refractivity contribution in [1.82, 2.24) is 0 Å². The number of carbonyl (C=O) groups excluding carboxylic acids is 3. The number of rotatable bonds is 5. The first-order chi connectivity index (χ1) is 14.1. The Balaban J connectivity index is 1.46. The Morgan fingerprint density at radius 2 is 1.66 bits per heavy atom. The van der Waals surface area contributed by atoms with E-state index in [0.29, 0.717) is 32.4 Å². The second-order valence-corrected chi connectivity index (χ2v) is 7.45. The van der Waals surface area contributed by atoms with Gasteiger partial charge in [-0.3, -0.25) is 19.4 Å². The standard InChI is InChI=1S/C23H24N2O4/c1-29-22(27)12-7-16-5-8-18(9-6-16)24-13-14-25(23(24)28)19-10-11-20-17(15-19)3-2-4-21(20)26/h5-6,8-11,15H,2-4,7,12-14H2,1H3. The molecular formula is C23H24N2O4. The number of benzene rings is 2. The topological polar surface area (TPSA) is 66.9 Å². The van der Waals surface area contributed by atoms with Crippen molar-refractivity contribution in [2.75, 3.05) is 30.0 Å². The maximum Gasteiger partial charge on any atom is 0.329 e. The molecule has 0 saturated carbocycles. The number of carbonyl (C=O) groups is 3. The van der Waals surface area contributed by atoms with Crippen LogP contribution in [0.2, 0.25) is 0 Å². The van der Waals surface area contributed by atoms with Crippen LogP contribution in [-0.2, 0) is 22.4 Å². The van der Waals surface area contributed by atoms with Gasteiger partial charge in [-0.05, 0) is 60.7 Å². The third-order valence-electron chi connectivity index (χ3n) is 5.65. The van der Waals surface area contributed by atoms with Crippen LogP contribution in [0.15, 0.2) is 42.5 Å². The predicted octanol–water partition coefficient (Wildman–Crippen LogP) is 3.76. The lowest BCUT2D eigenvalue weighted by Crippen LogP contribution is -2.31. The van der Waals surface area contributed by atoms with E-state index in [1.165, 1.54) is 7.11 Å². The minimum atomic E-state index is -0.230. The molecule has 0 atom stereocenters. The van der Waals surface area contributed by atoms with Gasteiger partial charge in [0.1, 0.15) is 0 Å². The van der Waals surface area contributed by atoms with E-state index < -0.39 is 0 Å². The summed E-state index contributed by atoms with van der Waals surface area (Å²) in [6, 6.07) is 13.4. The number of urea groups is 1.